The van der Waals surface area contributed by atoms with Crippen LogP contribution in [0.1, 0.15) is 44.1 Å². The molecule has 0 saturated carbocycles. The number of hydrogen-bond acceptors (Lipinski definition) is 4. The van der Waals surface area contributed by atoms with Gasteiger partial charge in [0.1, 0.15) is 28.5 Å². The molecule has 0 aliphatic carbocycles. The average molecular weight is 395 g/mol. The molecule has 7 nitrogen and oxygen atoms in total. The van der Waals surface area contributed by atoms with Gasteiger partial charge in [0.05, 0.1) is 12.2 Å². The highest BCUT2D eigenvalue weighted by atomic mass is 19.1. The predicted octanol–water partition coefficient (Wildman–Crippen LogP) is 3.01. The lowest BCUT2D eigenvalue weighted by molar-refractivity contribution is 0.0691. The second kappa shape index (κ2) is 7.05. The molecule has 0 spiro atoms. The number of benzene rings is 1. The maximum Gasteiger partial charge on any atom is 0.352 e. The van der Waals surface area contributed by atoms with Crippen molar-refractivity contribution in [2.75, 3.05) is 6.61 Å². The number of H-pyrrole nitrogens is 1. The summed E-state index contributed by atoms with van der Waals surface area (Å²) in [6.45, 7) is 1.95. The molecule has 0 unspecified atom stereocenters. The van der Waals surface area contributed by atoms with E-state index in [1.807, 2.05) is 0 Å². The van der Waals surface area contributed by atoms with E-state index in [1.165, 1.54) is 18.3 Å². The SMILES string of the molecule is Cc1ccc([C@@]2(NC(=O)c3c[nH]c(C(=O)O)c3)CCOc3cccnc32)cc1F. The molecule has 3 heterocycles. The van der Waals surface area contributed by atoms with E-state index in [9.17, 15) is 14.0 Å². The van der Waals surface area contributed by atoms with Crippen LogP contribution in [0.2, 0.25) is 0 Å². The van der Waals surface area contributed by atoms with Gasteiger partial charge in [0, 0.05) is 18.8 Å². The number of amides is 1. The Morgan fingerprint density at radius 2 is 2.14 bits per heavy atom. The highest BCUT2D eigenvalue weighted by Crippen LogP contribution is 2.41. The number of aromatic nitrogens is 2. The Labute approximate surface area is 165 Å². The fourth-order valence-electron chi connectivity index (χ4n) is 3.51. The minimum atomic E-state index is -1.17. The Bertz CT molecular complexity index is 1110. The largest absolute Gasteiger partial charge is 0.491 e. The number of halogens is 1. The fourth-order valence-corrected chi connectivity index (χ4v) is 3.51. The molecule has 4 rings (SSSR count). The van der Waals surface area contributed by atoms with Gasteiger partial charge in [-0.1, -0.05) is 12.1 Å². The molecule has 3 aromatic rings. The van der Waals surface area contributed by atoms with Gasteiger partial charge < -0.3 is 20.1 Å². The quantitative estimate of drug-likeness (QED) is 0.630. The van der Waals surface area contributed by atoms with E-state index in [0.29, 0.717) is 35.6 Å². The van der Waals surface area contributed by atoms with Crippen molar-refractivity contribution in [3.63, 3.8) is 0 Å². The molecule has 0 bridgehead atoms. The zero-order valence-electron chi connectivity index (χ0n) is 15.5. The van der Waals surface area contributed by atoms with Crippen molar-refractivity contribution in [3.8, 4) is 5.75 Å². The number of aromatic amines is 1. The summed E-state index contributed by atoms with van der Waals surface area (Å²) in [6, 6.07) is 9.50. The first-order valence-electron chi connectivity index (χ1n) is 9.00. The Balaban J connectivity index is 1.82. The van der Waals surface area contributed by atoms with Gasteiger partial charge in [-0.2, -0.15) is 0 Å². The lowest BCUT2D eigenvalue weighted by Crippen LogP contribution is -2.50. The minimum absolute atomic E-state index is 0.101. The third-order valence-electron chi connectivity index (χ3n) is 5.08. The van der Waals surface area contributed by atoms with Gasteiger partial charge in [-0.05, 0) is 42.3 Å². The van der Waals surface area contributed by atoms with Crippen LogP contribution in [0.15, 0.2) is 48.8 Å². The van der Waals surface area contributed by atoms with Crippen LogP contribution < -0.4 is 10.1 Å². The number of hydrogen-bond donors (Lipinski definition) is 3. The van der Waals surface area contributed by atoms with Crippen LogP contribution in [0.25, 0.3) is 0 Å². The van der Waals surface area contributed by atoms with E-state index in [4.69, 9.17) is 9.84 Å². The van der Waals surface area contributed by atoms with Crippen molar-refractivity contribution in [3.05, 3.63) is 82.7 Å². The van der Waals surface area contributed by atoms with Gasteiger partial charge in [-0.15, -0.1) is 0 Å². The first-order valence-corrected chi connectivity index (χ1v) is 9.00. The lowest BCUT2D eigenvalue weighted by atomic mass is 9.80. The van der Waals surface area contributed by atoms with Crippen LogP contribution in [0.5, 0.6) is 5.75 Å². The standard InChI is InChI=1S/C21H18FN3O4/c1-12-4-5-14(10-15(12)22)21(6-8-29-17-3-2-7-23-18(17)21)25-19(26)13-9-16(20(27)28)24-11-13/h2-5,7,9-11,24H,6,8H2,1H3,(H,25,26)(H,27,28)/t21-/m0/s1. The maximum absolute atomic E-state index is 14.4. The molecule has 0 radical (unpaired) electrons. The molecular formula is C21H18FN3O4. The summed E-state index contributed by atoms with van der Waals surface area (Å²) in [7, 11) is 0. The molecule has 1 amide bonds. The van der Waals surface area contributed by atoms with Gasteiger partial charge >= 0.3 is 5.97 Å². The van der Waals surface area contributed by atoms with Crippen molar-refractivity contribution in [2.45, 2.75) is 18.9 Å². The van der Waals surface area contributed by atoms with Crippen LogP contribution in [0, 0.1) is 12.7 Å². The summed E-state index contributed by atoms with van der Waals surface area (Å²) in [5.41, 5.74) is 0.416. The summed E-state index contributed by atoms with van der Waals surface area (Å²) >= 11 is 0. The smallest absolute Gasteiger partial charge is 0.352 e. The molecule has 0 fully saturated rings. The first kappa shape index (κ1) is 18.7. The van der Waals surface area contributed by atoms with Crippen LogP contribution in [-0.4, -0.2) is 33.6 Å². The zero-order chi connectivity index (χ0) is 20.6. The number of pyridine rings is 1. The molecule has 0 saturated heterocycles. The Hall–Kier alpha value is -3.68. The molecule has 1 aliphatic heterocycles. The zero-order valence-corrected chi connectivity index (χ0v) is 15.5. The van der Waals surface area contributed by atoms with Gasteiger partial charge in [0.25, 0.3) is 5.91 Å². The topological polar surface area (TPSA) is 104 Å². The second-order valence-corrected chi connectivity index (χ2v) is 6.88. The monoisotopic (exact) mass is 395 g/mol. The van der Waals surface area contributed by atoms with Crippen molar-refractivity contribution >= 4 is 11.9 Å². The van der Waals surface area contributed by atoms with Crippen molar-refractivity contribution in [2.24, 2.45) is 0 Å². The molecule has 148 valence electrons. The van der Waals surface area contributed by atoms with E-state index in [-0.39, 0.29) is 11.3 Å². The molecule has 1 atom stereocenters. The van der Waals surface area contributed by atoms with E-state index < -0.39 is 23.2 Å². The summed E-state index contributed by atoms with van der Waals surface area (Å²) < 4.78 is 20.1. The number of nitrogens with zero attached hydrogens (tertiary/aromatic N) is 1. The van der Waals surface area contributed by atoms with Crippen LogP contribution >= 0.6 is 0 Å². The minimum Gasteiger partial charge on any atom is -0.491 e. The number of aryl methyl sites for hydroxylation is 1. The molecule has 2 aromatic heterocycles. The lowest BCUT2D eigenvalue weighted by Gasteiger charge is -2.39. The number of rotatable bonds is 4. The van der Waals surface area contributed by atoms with Gasteiger partial charge in [-0.25, -0.2) is 9.18 Å². The molecular weight excluding hydrogens is 377 g/mol. The number of ether oxygens (including phenoxy) is 1. The van der Waals surface area contributed by atoms with Crippen LogP contribution in [0.3, 0.4) is 0 Å². The summed E-state index contributed by atoms with van der Waals surface area (Å²) in [4.78, 5) is 31.1. The van der Waals surface area contributed by atoms with Gasteiger partial charge in [0.2, 0.25) is 0 Å². The maximum atomic E-state index is 14.4. The second-order valence-electron chi connectivity index (χ2n) is 6.88. The molecule has 3 N–H and O–H groups in total. The third kappa shape index (κ3) is 3.22. The Kier molecular flexibility index (Phi) is 4.54. The molecule has 1 aromatic carbocycles. The normalized spacial score (nSPS) is 17.9. The number of carboxylic acids is 1. The van der Waals surface area contributed by atoms with E-state index in [1.54, 1.807) is 37.4 Å². The first-order chi connectivity index (χ1) is 13.9. The van der Waals surface area contributed by atoms with Crippen LogP contribution in [-0.2, 0) is 5.54 Å². The van der Waals surface area contributed by atoms with Gasteiger partial charge in [-0.3, -0.25) is 9.78 Å². The highest BCUT2D eigenvalue weighted by molar-refractivity contribution is 5.97. The number of aromatic carboxylic acids is 1. The summed E-state index contributed by atoms with van der Waals surface area (Å²) in [5, 5.41) is 12.0. The van der Waals surface area contributed by atoms with E-state index in [0.717, 1.165) is 0 Å². The van der Waals surface area contributed by atoms with Crippen LogP contribution in [0.4, 0.5) is 4.39 Å². The molecule has 8 heteroatoms. The predicted molar refractivity (Wildman–Crippen MR) is 101 cm³/mol. The molecule has 1 aliphatic rings. The average Bonchev–Trinajstić information content (AvgIpc) is 3.21. The summed E-state index contributed by atoms with van der Waals surface area (Å²) in [5.74, 6) is -1.57. The Morgan fingerprint density at radius 3 is 2.86 bits per heavy atom. The number of carboxylic acid groups (broad SMARTS) is 1. The number of carbonyl (C=O) groups excluding carboxylic acids is 1. The van der Waals surface area contributed by atoms with Crippen molar-refractivity contribution in [1.82, 2.24) is 15.3 Å². The van der Waals surface area contributed by atoms with E-state index in [2.05, 4.69) is 15.3 Å². The number of carbonyl (C=O) groups is 2. The number of nitrogens with one attached hydrogen (secondary N) is 2. The van der Waals surface area contributed by atoms with E-state index >= 15 is 0 Å². The summed E-state index contributed by atoms with van der Waals surface area (Å²) in [6.07, 6.45) is 3.24. The third-order valence-corrected chi connectivity index (χ3v) is 5.08. The van der Waals surface area contributed by atoms with Gasteiger partial charge in [0.15, 0.2) is 0 Å². The highest BCUT2D eigenvalue weighted by Gasteiger charge is 2.43. The fraction of sp³-hybridized carbons (Fsp3) is 0.190. The van der Waals surface area contributed by atoms with Crippen molar-refractivity contribution in [1.29, 1.82) is 0 Å². The Morgan fingerprint density at radius 1 is 1.31 bits per heavy atom. The number of fused-ring (bicyclic) bond motifs is 1. The van der Waals surface area contributed by atoms with Crippen molar-refractivity contribution < 1.29 is 23.8 Å². The molecule has 29 heavy (non-hydrogen) atoms.